The summed E-state index contributed by atoms with van der Waals surface area (Å²) in [6, 6.07) is 5.21. The number of rotatable bonds is 2. The third kappa shape index (κ3) is 3.36. The predicted molar refractivity (Wildman–Crippen MR) is 82.9 cm³/mol. The minimum Gasteiger partial charge on any atom is -0.224 e. The van der Waals surface area contributed by atoms with Gasteiger partial charge in [0.05, 0.1) is 0 Å². The number of halogens is 9. The zero-order valence-electron chi connectivity index (χ0n) is 13.1. The van der Waals surface area contributed by atoms with E-state index in [1.54, 1.807) is 0 Å². The molecule has 0 aliphatic carbocycles. The summed E-state index contributed by atoms with van der Waals surface area (Å²) in [7, 11) is 0. The van der Waals surface area contributed by atoms with Gasteiger partial charge in [0.25, 0.3) is 0 Å². The van der Waals surface area contributed by atoms with Crippen LogP contribution in [0.1, 0.15) is 16.7 Å². The highest BCUT2D eigenvalue weighted by Gasteiger charge is 2.74. The molecule has 1 aromatic heterocycles. The molecule has 0 aliphatic rings. The van der Waals surface area contributed by atoms with Crippen LogP contribution in [0.5, 0.6) is 0 Å². The average Bonchev–Trinajstić information content (AvgIpc) is 2.44. The van der Waals surface area contributed by atoms with E-state index in [-0.39, 0.29) is 21.8 Å². The van der Waals surface area contributed by atoms with Crippen LogP contribution in [0.4, 0.5) is 30.7 Å². The van der Waals surface area contributed by atoms with Crippen molar-refractivity contribution in [3.63, 3.8) is 0 Å². The number of pyridine rings is 1. The van der Waals surface area contributed by atoms with E-state index < -0.39 is 34.3 Å². The van der Waals surface area contributed by atoms with E-state index in [0.717, 1.165) is 12.1 Å². The molecule has 0 atom stereocenters. The Labute approximate surface area is 153 Å². The number of nitrogens with zero attached hydrogens (tertiary/aromatic N) is 1. The van der Waals surface area contributed by atoms with Crippen LogP contribution in [0.15, 0.2) is 18.2 Å². The molecule has 2 rings (SSSR count). The summed E-state index contributed by atoms with van der Waals surface area (Å²) < 4.78 is 94.1. The molecule has 1 heterocycles. The Morgan fingerprint density at radius 2 is 1.46 bits per heavy atom. The maximum Gasteiger partial charge on any atom is 0.435 e. The van der Waals surface area contributed by atoms with Crippen LogP contribution in [0, 0.1) is 19.9 Å². The zero-order valence-corrected chi connectivity index (χ0v) is 14.6. The Balaban J connectivity index is 2.97. The summed E-state index contributed by atoms with van der Waals surface area (Å²) in [5.41, 5.74) is -8.51. The molecule has 10 heteroatoms. The molecule has 0 saturated heterocycles. The van der Waals surface area contributed by atoms with Gasteiger partial charge in [-0.3, -0.25) is 0 Å². The molecule has 0 saturated carbocycles. The van der Waals surface area contributed by atoms with Gasteiger partial charge in [0.2, 0.25) is 0 Å². The number of aryl methyl sites for hydroxylation is 2. The van der Waals surface area contributed by atoms with Gasteiger partial charge in [0.15, 0.2) is 0 Å². The monoisotopic (exact) mass is 418 g/mol. The fourth-order valence-corrected chi connectivity index (χ4v) is 3.01. The highest BCUT2D eigenvalue weighted by molar-refractivity contribution is 6.34. The quantitative estimate of drug-likeness (QED) is 0.387. The largest absolute Gasteiger partial charge is 0.435 e. The minimum absolute atomic E-state index is 0.102. The molecule has 0 spiro atoms. The average molecular weight is 419 g/mol. The lowest BCUT2D eigenvalue weighted by molar-refractivity contribution is -0.348. The van der Waals surface area contributed by atoms with Crippen LogP contribution in [-0.2, 0) is 5.67 Å². The third-order valence-corrected chi connectivity index (χ3v) is 4.12. The summed E-state index contributed by atoms with van der Waals surface area (Å²) in [6.45, 7) is 2.40. The Kier molecular flexibility index (Phi) is 5.24. The van der Waals surface area contributed by atoms with Gasteiger partial charge in [-0.1, -0.05) is 29.3 Å². The topological polar surface area (TPSA) is 12.9 Å². The summed E-state index contributed by atoms with van der Waals surface area (Å²) in [5, 5.41) is -0.599. The lowest BCUT2D eigenvalue weighted by Crippen LogP contribution is -2.50. The maximum absolute atomic E-state index is 14.7. The fraction of sp³-hybridized carbons (Fsp3) is 0.312. The summed E-state index contributed by atoms with van der Waals surface area (Å²) in [6.07, 6.45) is -12.5. The van der Waals surface area contributed by atoms with Crippen LogP contribution in [-0.4, -0.2) is 17.3 Å². The van der Waals surface area contributed by atoms with E-state index in [9.17, 15) is 30.7 Å². The highest BCUT2D eigenvalue weighted by atomic mass is 35.5. The molecule has 0 amide bonds. The summed E-state index contributed by atoms with van der Waals surface area (Å²) in [4.78, 5) is 3.59. The van der Waals surface area contributed by atoms with E-state index >= 15 is 0 Å². The normalized spacial score (nSPS) is 13.2. The highest BCUT2D eigenvalue weighted by Crippen LogP contribution is 2.56. The number of hydrogen-bond acceptors (Lipinski definition) is 1. The van der Waals surface area contributed by atoms with Crippen molar-refractivity contribution in [1.82, 2.24) is 4.98 Å². The van der Waals surface area contributed by atoms with Gasteiger partial charge in [0, 0.05) is 11.1 Å². The number of alkyl halides is 7. The molecule has 26 heavy (non-hydrogen) atoms. The Bertz CT molecular complexity index is 830. The summed E-state index contributed by atoms with van der Waals surface area (Å²) >= 11 is 11.4. The van der Waals surface area contributed by atoms with Crippen molar-refractivity contribution >= 4 is 23.2 Å². The van der Waals surface area contributed by atoms with Gasteiger partial charge >= 0.3 is 18.0 Å². The molecule has 0 aliphatic heterocycles. The van der Waals surface area contributed by atoms with Gasteiger partial charge in [-0.05, 0) is 48.7 Å². The minimum atomic E-state index is -6.26. The second-order valence-electron chi connectivity index (χ2n) is 5.49. The molecule has 2 aromatic rings. The van der Waals surface area contributed by atoms with Crippen molar-refractivity contribution < 1.29 is 30.7 Å². The van der Waals surface area contributed by atoms with Crippen LogP contribution >= 0.6 is 23.2 Å². The van der Waals surface area contributed by atoms with Crippen LogP contribution < -0.4 is 0 Å². The zero-order chi connectivity index (χ0) is 20.1. The third-order valence-electron chi connectivity index (χ3n) is 3.63. The van der Waals surface area contributed by atoms with Crippen molar-refractivity contribution in [2.24, 2.45) is 0 Å². The second kappa shape index (κ2) is 6.56. The van der Waals surface area contributed by atoms with Gasteiger partial charge < -0.3 is 0 Å². The number of benzene rings is 1. The first-order valence-electron chi connectivity index (χ1n) is 6.89. The first kappa shape index (κ1) is 20.8. The molecular formula is C16H9Cl2F7N. The van der Waals surface area contributed by atoms with Crippen molar-refractivity contribution in [3.8, 4) is 11.1 Å². The van der Waals surface area contributed by atoms with Crippen molar-refractivity contribution in [2.45, 2.75) is 31.9 Å². The predicted octanol–water partition coefficient (Wildman–Crippen LogP) is 6.76. The van der Waals surface area contributed by atoms with Gasteiger partial charge in [-0.15, -0.1) is 0 Å². The van der Waals surface area contributed by atoms with Gasteiger partial charge in [-0.2, -0.15) is 26.3 Å². The first-order chi connectivity index (χ1) is 11.7. The van der Waals surface area contributed by atoms with Crippen LogP contribution in [0.3, 0.4) is 0 Å². The number of aromatic nitrogens is 1. The second-order valence-corrected chi connectivity index (χ2v) is 6.24. The van der Waals surface area contributed by atoms with Gasteiger partial charge in [0.1, 0.15) is 10.3 Å². The van der Waals surface area contributed by atoms with E-state index in [1.165, 1.54) is 13.8 Å². The maximum atomic E-state index is 14.7. The van der Waals surface area contributed by atoms with Crippen molar-refractivity contribution in [2.75, 3.05) is 0 Å². The molecule has 1 radical (unpaired) electrons. The molecule has 1 aromatic carbocycles. The van der Waals surface area contributed by atoms with Crippen molar-refractivity contribution in [1.29, 1.82) is 0 Å². The van der Waals surface area contributed by atoms with E-state index in [2.05, 4.69) is 11.1 Å². The van der Waals surface area contributed by atoms with E-state index in [4.69, 9.17) is 23.2 Å². The Morgan fingerprint density at radius 3 is 1.92 bits per heavy atom. The molecule has 141 valence electrons. The van der Waals surface area contributed by atoms with Crippen LogP contribution in [0.2, 0.25) is 10.3 Å². The van der Waals surface area contributed by atoms with E-state index in [0.29, 0.717) is 6.07 Å². The van der Waals surface area contributed by atoms with Crippen molar-refractivity contribution in [3.05, 3.63) is 51.3 Å². The van der Waals surface area contributed by atoms with E-state index in [1.807, 2.05) is 0 Å². The standard InChI is InChI=1S/C16H9Cl2F7N/c1-7-5-8(2)12(9-3-4-11(17)26-13(9)18)10(6-7)14(19,15(20,21)22)16(23,24)25/h3-4,6H,1-2H3. The smallest absolute Gasteiger partial charge is 0.224 e. The lowest BCUT2D eigenvalue weighted by atomic mass is 9.84. The SMILES string of the molecule is Cc1[c]c(C)c(-c2ccc(Cl)nc2Cl)c(C(F)(C(F)(F)F)C(F)(F)F)c1. The molecule has 1 nitrogen and oxygen atoms in total. The molecule has 0 fully saturated rings. The Hall–Kier alpha value is -1.54. The first-order valence-corrected chi connectivity index (χ1v) is 7.64. The Morgan fingerprint density at radius 1 is 0.923 bits per heavy atom. The molecule has 0 unspecified atom stereocenters. The summed E-state index contributed by atoms with van der Waals surface area (Å²) in [5.74, 6) is 0. The number of hydrogen-bond donors (Lipinski definition) is 0. The molecular weight excluding hydrogens is 410 g/mol. The van der Waals surface area contributed by atoms with Crippen LogP contribution in [0.25, 0.3) is 11.1 Å². The fourth-order valence-electron chi connectivity index (χ4n) is 2.57. The molecule has 0 bridgehead atoms. The lowest BCUT2D eigenvalue weighted by Gasteiger charge is -2.32. The molecule has 0 N–H and O–H groups in total. The van der Waals surface area contributed by atoms with Gasteiger partial charge in [-0.25, -0.2) is 9.37 Å².